The van der Waals surface area contributed by atoms with E-state index in [2.05, 4.69) is 10.5 Å². The molecule has 29 heavy (non-hydrogen) atoms. The van der Waals surface area contributed by atoms with Gasteiger partial charge in [0.25, 0.3) is 5.91 Å². The topological polar surface area (TPSA) is 78.8 Å². The summed E-state index contributed by atoms with van der Waals surface area (Å²) in [5.74, 6) is -0.864. The average molecular weight is 468 g/mol. The van der Waals surface area contributed by atoms with Crippen LogP contribution in [0.15, 0.2) is 47.6 Å². The van der Waals surface area contributed by atoms with E-state index in [1.807, 2.05) is 0 Å². The quantitative estimate of drug-likeness (QED) is 0.516. The summed E-state index contributed by atoms with van der Waals surface area (Å²) in [6, 6.07) is 9.09. The highest BCUT2D eigenvalue weighted by atomic mass is 35.5. The standard InChI is InChI=1S/C17H14Cl2F3N3O3S/c1-29(27,28)25(13-5-6-15(19)14(8-13)17(20,21)22)10-16(26)24-23-9-11-3-2-4-12(18)7-11/h2-9H,10H2,1H3,(H,24,26)/b23-9-. The molecule has 0 saturated heterocycles. The number of carbonyl (C=O) groups is 1. The zero-order valence-corrected chi connectivity index (χ0v) is 17.1. The molecule has 1 amide bonds. The molecule has 0 radical (unpaired) electrons. The minimum Gasteiger partial charge on any atom is -0.271 e. The Morgan fingerprint density at radius 2 is 1.90 bits per heavy atom. The van der Waals surface area contributed by atoms with Crippen LogP contribution in [0.5, 0.6) is 0 Å². The van der Waals surface area contributed by atoms with Crippen molar-refractivity contribution in [2.24, 2.45) is 5.10 Å². The number of hydrazone groups is 1. The van der Waals surface area contributed by atoms with E-state index in [9.17, 15) is 26.4 Å². The van der Waals surface area contributed by atoms with Gasteiger partial charge in [0.2, 0.25) is 10.0 Å². The molecule has 0 aliphatic heterocycles. The van der Waals surface area contributed by atoms with E-state index in [0.717, 1.165) is 18.4 Å². The number of rotatable bonds is 6. The maximum Gasteiger partial charge on any atom is 0.417 e. The van der Waals surface area contributed by atoms with Crippen LogP contribution in [-0.2, 0) is 21.0 Å². The van der Waals surface area contributed by atoms with Crippen molar-refractivity contribution in [2.45, 2.75) is 6.18 Å². The van der Waals surface area contributed by atoms with Gasteiger partial charge in [-0.3, -0.25) is 9.10 Å². The number of amides is 1. The van der Waals surface area contributed by atoms with Gasteiger partial charge < -0.3 is 0 Å². The van der Waals surface area contributed by atoms with Crippen LogP contribution in [0.3, 0.4) is 0 Å². The Hall–Kier alpha value is -2.30. The Morgan fingerprint density at radius 1 is 1.21 bits per heavy atom. The Kier molecular flexibility index (Phi) is 7.15. The first-order valence-corrected chi connectivity index (χ1v) is 10.4. The molecule has 2 aromatic rings. The number of nitrogens with one attached hydrogen (secondary N) is 1. The Labute approximate surface area is 175 Å². The summed E-state index contributed by atoms with van der Waals surface area (Å²) in [6.07, 6.45) is -2.75. The van der Waals surface area contributed by atoms with E-state index < -0.39 is 39.2 Å². The van der Waals surface area contributed by atoms with Crippen LogP contribution < -0.4 is 9.73 Å². The number of hydrogen-bond donors (Lipinski definition) is 1. The molecule has 0 fully saturated rings. The van der Waals surface area contributed by atoms with Gasteiger partial charge in [0.05, 0.1) is 28.7 Å². The first-order chi connectivity index (χ1) is 13.4. The second kappa shape index (κ2) is 9.02. The number of hydrogen-bond acceptors (Lipinski definition) is 4. The van der Waals surface area contributed by atoms with Crippen LogP contribution in [0, 0.1) is 0 Å². The number of carbonyl (C=O) groups excluding carboxylic acids is 1. The maximum atomic E-state index is 13.0. The number of halogens is 5. The minimum absolute atomic E-state index is 0.363. The molecule has 0 heterocycles. The van der Waals surface area contributed by atoms with E-state index >= 15 is 0 Å². The zero-order valence-electron chi connectivity index (χ0n) is 14.7. The van der Waals surface area contributed by atoms with Crippen LogP contribution in [0.1, 0.15) is 11.1 Å². The molecule has 0 unspecified atom stereocenters. The van der Waals surface area contributed by atoms with Crippen molar-refractivity contribution >= 4 is 51.0 Å². The van der Waals surface area contributed by atoms with Gasteiger partial charge in [0, 0.05) is 5.02 Å². The highest BCUT2D eigenvalue weighted by Gasteiger charge is 2.34. The van der Waals surface area contributed by atoms with Crippen molar-refractivity contribution < 1.29 is 26.4 Å². The van der Waals surface area contributed by atoms with Gasteiger partial charge in [-0.1, -0.05) is 35.3 Å². The van der Waals surface area contributed by atoms with Crippen molar-refractivity contribution in [3.8, 4) is 0 Å². The third-order valence-electron chi connectivity index (χ3n) is 3.48. The number of sulfonamides is 1. The Bertz CT molecular complexity index is 1040. The number of benzene rings is 2. The van der Waals surface area contributed by atoms with Gasteiger partial charge in [-0.25, -0.2) is 13.8 Å². The third-order valence-corrected chi connectivity index (χ3v) is 5.19. The Balaban J connectivity index is 2.21. The molecule has 1 N–H and O–H groups in total. The summed E-state index contributed by atoms with van der Waals surface area (Å²) in [6.45, 7) is -0.787. The van der Waals surface area contributed by atoms with Crippen LogP contribution in [-0.4, -0.2) is 33.3 Å². The first kappa shape index (κ1) is 23.0. The molecule has 0 aliphatic carbocycles. The highest BCUT2D eigenvalue weighted by Crippen LogP contribution is 2.37. The predicted molar refractivity (Wildman–Crippen MR) is 106 cm³/mol. The van der Waals surface area contributed by atoms with E-state index in [0.29, 0.717) is 21.0 Å². The van der Waals surface area contributed by atoms with Crippen molar-refractivity contribution in [2.75, 3.05) is 17.1 Å². The molecule has 0 aliphatic rings. The molecule has 0 atom stereocenters. The molecule has 2 rings (SSSR count). The van der Waals surface area contributed by atoms with Crippen LogP contribution >= 0.6 is 23.2 Å². The minimum atomic E-state index is -4.79. The van der Waals surface area contributed by atoms with Gasteiger partial charge in [0.15, 0.2) is 0 Å². The second-order valence-electron chi connectivity index (χ2n) is 5.78. The molecule has 12 heteroatoms. The largest absolute Gasteiger partial charge is 0.417 e. The summed E-state index contributed by atoms with van der Waals surface area (Å²) in [4.78, 5) is 12.1. The molecular formula is C17H14Cl2F3N3O3S. The average Bonchev–Trinajstić information content (AvgIpc) is 2.58. The van der Waals surface area contributed by atoms with Crippen molar-refractivity contribution in [3.05, 3.63) is 63.6 Å². The molecule has 0 aromatic heterocycles. The molecule has 0 saturated carbocycles. The SMILES string of the molecule is CS(=O)(=O)N(CC(=O)N/N=C\c1cccc(Cl)c1)c1ccc(Cl)c(C(F)(F)F)c1. The molecule has 156 valence electrons. The maximum absolute atomic E-state index is 13.0. The molecule has 2 aromatic carbocycles. The summed E-state index contributed by atoms with van der Waals surface area (Å²) in [5.41, 5.74) is 1.11. The van der Waals surface area contributed by atoms with Gasteiger partial charge in [-0.05, 0) is 35.9 Å². The van der Waals surface area contributed by atoms with Gasteiger partial charge >= 0.3 is 6.18 Å². The van der Waals surface area contributed by atoms with Crippen molar-refractivity contribution in [3.63, 3.8) is 0 Å². The first-order valence-electron chi connectivity index (χ1n) is 7.80. The lowest BCUT2D eigenvalue weighted by Gasteiger charge is -2.22. The molecule has 6 nitrogen and oxygen atoms in total. The summed E-state index contributed by atoms with van der Waals surface area (Å²) in [5, 5.41) is 3.53. The lowest BCUT2D eigenvalue weighted by Crippen LogP contribution is -2.39. The zero-order chi connectivity index (χ0) is 21.8. The number of anilines is 1. The van der Waals surface area contributed by atoms with E-state index in [1.54, 1.807) is 24.3 Å². The molecule has 0 spiro atoms. The second-order valence-corrected chi connectivity index (χ2v) is 8.53. The third kappa shape index (κ3) is 6.62. The number of alkyl halides is 3. The summed E-state index contributed by atoms with van der Waals surface area (Å²) in [7, 11) is -4.08. The van der Waals surface area contributed by atoms with E-state index in [-0.39, 0.29) is 5.69 Å². The van der Waals surface area contributed by atoms with Crippen molar-refractivity contribution in [1.29, 1.82) is 0 Å². The number of nitrogens with zero attached hydrogens (tertiary/aromatic N) is 2. The monoisotopic (exact) mass is 467 g/mol. The smallest absolute Gasteiger partial charge is 0.271 e. The molecule has 0 bridgehead atoms. The van der Waals surface area contributed by atoms with Gasteiger partial charge in [-0.15, -0.1) is 0 Å². The fourth-order valence-corrected chi connectivity index (χ4v) is 3.49. The Morgan fingerprint density at radius 3 is 2.48 bits per heavy atom. The fourth-order valence-electron chi connectivity index (χ4n) is 2.22. The fraction of sp³-hybridized carbons (Fsp3) is 0.176. The summed E-state index contributed by atoms with van der Waals surface area (Å²) >= 11 is 11.4. The van der Waals surface area contributed by atoms with E-state index in [1.165, 1.54) is 6.21 Å². The van der Waals surface area contributed by atoms with Gasteiger partial charge in [0.1, 0.15) is 6.54 Å². The summed E-state index contributed by atoms with van der Waals surface area (Å²) < 4.78 is 63.7. The predicted octanol–water partition coefficient (Wildman–Crippen LogP) is 3.93. The van der Waals surface area contributed by atoms with Crippen LogP contribution in [0.4, 0.5) is 18.9 Å². The normalized spacial score (nSPS) is 12.2. The lowest BCUT2D eigenvalue weighted by molar-refractivity contribution is -0.137. The van der Waals surface area contributed by atoms with E-state index in [4.69, 9.17) is 23.2 Å². The van der Waals surface area contributed by atoms with Gasteiger partial charge in [-0.2, -0.15) is 18.3 Å². The molecular weight excluding hydrogens is 454 g/mol. The van der Waals surface area contributed by atoms with Crippen LogP contribution in [0.2, 0.25) is 10.0 Å². The van der Waals surface area contributed by atoms with Crippen molar-refractivity contribution in [1.82, 2.24) is 5.43 Å². The highest BCUT2D eigenvalue weighted by molar-refractivity contribution is 7.92. The lowest BCUT2D eigenvalue weighted by atomic mass is 10.2. The van der Waals surface area contributed by atoms with Crippen LogP contribution in [0.25, 0.3) is 0 Å².